The van der Waals surface area contributed by atoms with Crippen LogP contribution >= 0.6 is 11.3 Å². The average Bonchev–Trinajstić information content (AvgIpc) is 2.92. The summed E-state index contributed by atoms with van der Waals surface area (Å²) >= 11 is 1.50. The Bertz CT molecular complexity index is 689. The van der Waals surface area contributed by atoms with E-state index < -0.39 is 10.0 Å². The van der Waals surface area contributed by atoms with E-state index in [0.717, 1.165) is 4.88 Å². The first kappa shape index (κ1) is 14.9. The first-order valence-corrected chi connectivity index (χ1v) is 8.43. The van der Waals surface area contributed by atoms with Crippen LogP contribution in [-0.4, -0.2) is 14.2 Å². The van der Waals surface area contributed by atoms with Gasteiger partial charge >= 0.3 is 0 Å². The molecular weight excluding hydrogens is 294 g/mol. The van der Waals surface area contributed by atoms with Crippen molar-refractivity contribution in [2.75, 3.05) is 0 Å². The SMILES string of the molecule is CC(=O)c1ccc(S(=O)(=O)N[C@H](C)c2cccs2)cc1. The van der Waals surface area contributed by atoms with Crippen molar-refractivity contribution in [2.24, 2.45) is 0 Å². The standard InChI is InChI=1S/C14H15NO3S2/c1-10(14-4-3-9-19-14)15-20(17,18)13-7-5-12(6-8-13)11(2)16/h3-10,15H,1-2H3/t10-/m1/s1. The Morgan fingerprint density at radius 3 is 2.35 bits per heavy atom. The third-order valence-electron chi connectivity index (χ3n) is 2.87. The highest BCUT2D eigenvalue weighted by atomic mass is 32.2. The van der Waals surface area contributed by atoms with Gasteiger partial charge in [-0.25, -0.2) is 13.1 Å². The smallest absolute Gasteiger partial charge is 0.241 e. The number of thiophene rings is 1. The Balaban J connectivity index is 2.20. The van der Waals surface area contributed by atoms with Crippen LogP contribution < -0.4 is 4.72 Å². The van der Waals surface area contributed by atoms with E-state index in [2.05, 4.69) is 4.72 Å². The van der Waals surface area contributed by atoms with Gasteiger partial charge in [0.2, 0.25) is 10.0 Å². The maximum Gasteiger partial charge on any atom is 0.241 e. The predicted octanol–water partition coefficient (Wildman–Crippen LogP) is 2.99. The van der Waals surface area contributed by atoms with Crippen molar-refractivity contribution in [1.29, 1.82) is 0 Å². The van der Waals surface area contributed by atoms with Gasteiger partial charge in [0.1, 0.15) is 0 Å². The molecule has 0 unspecified atom stereocenters. The molecule has 0 bridgehead atoms. The minimum Gasteiger partial charge on any atom is -0.295 e. The monoisotopic (exact) mass is 309 g/mol. The van der Waals surface area contributed by atoms with Gasteiger partial charge in [0, 0.05) is 10.4 Å². The molecule has 0 aliphatic heterocycles. The number of carbonyl (C=O) groups excluding carboxylic acids is 1. The van der Waals surface area contributed by atoms with E-state index in [9.17, 15) is 13.2 Å². The van der Waals surface area contributed by atoms with Crippen molar-refractivity contribution in [1.82, 2.24) is 4.72 Å². The fourth-order valence-corrected chi connectivity index (χ4v) is 3.80. The van der Waals surface area contributed by atoms with Crippen LogP contribution in [0, 0.1) is 0 Å². The second-order valence-corrected chi connectivity index (χ2v) is 7.13. The summed E-state index contributed by atoms with van der Waals surface area (Å²) in [6.07, 6.45) is 0. The molecule has 4 nitrogen and oxygen atoms in total. The van der Waals surface area contributed by atoms with E-state index in [4.69, 9.17) is 0 Å². The number of carbonyl (C=O) groups is 1. The number of rotatable bonds is 5. The van der Waals surface area contributed by atoms with E-state index in [0.29, 0.717) is 5.56 Å². The first-order chi connectivity index (χ1) is 9.40. The predicted molar refractivity (Wildman–Crippen MR) is 79.5 cm³/mol. The molecule has 1 N–H and O–H groups in total. The average molecular weight is 309 g/mol. The molecule has 0 saturated carbocycles. The summed E-state index contributed by atoms with van der Waals surface area (Å²) < 4.78 is 27.1. The molecule has 106 valence electrons. The maximum absolute atomic E-state index is 12.2. The molecule has 0 aliphatic rings. The van der Waals surface area contributed by atoms with Gasteiger partial charge in [-0.1, -0.05) is 18.2 Å². The quantitative estimate of drug-likeness (QED) is 0.864. The zero-order valence-corrected chi connectivity index (χ0v) is 12.8. The number of sulfonamides is 1. The maximum atomic E-state index is 12.2. The van der Waals surface area contributed by atoms with Crippen LogP contribution in [0.2, 0.25) is 0 Å². The molecule has 1 atom stereocenters. The molecule has 1 heterocycles. The molecule has 1 aromatic heterocycles. The Hall–Kier alpha value is -1.50. The summed E-state index contributed by atoms with van der Waals surface area (Å²) in [6, 6.07) is 9.41. The van der Waals surface area contributed by atoms with Gasteiger partial charge < -0.3 is 0 Å². The lowest BCUT2D eigenvalue weighted by molar-refractivity contribution is 0.101. The van der Waals surface area contributed by atoms with E-state index >= 15 is 0 Å². The van der Waals surface area contributed by atoms with Crippen LogP contribution in [0.25, 0.3) is 0 Å². The highest BCUT2D eigenvalue weighted by molar-refractivity contribution is 7.89. The molecule has 0 radical (unpaired) electrons. The fraction of sp³-hybridized carbons (Fsp3) is 0.214. The van der Waals surface area contributed by atoms with Crippen molar-refractivity contribution < 1.29 is 13.2 Å². The Morgan fingerprint density at radius 1 is 1.20 bits per heavy atom. The van der Waals surface area contributed by atoms with Crippen molar-refractivity contribution in [3.05, 3.63) is 52.2 Å². The molecule has 2 rings (SSSR count). The van der Waals surface area contributed by atoms with Crippen molar-refractivity contribution in [3.8, 4) is 0 Å². The summed E-state index contributed by atoms with van der Waals surface area (Å²) in [7, 11) is -3.58. The van der Waals surface area contributed by atoms with Gasteiger partial charge in [0.25, 0.3) is 0 Å². The van der Waals surface area contributed by atoms with E-state index in [1.807, 2.05) is 17.5 Å². The fourth-order valence-electron chi connectivity index (χ4n) is 1.77. The summed E-state index contributed by atoms with van der Waals surface area (Å²) in [5.74, 6) is -0.0890. The van der Waals surface area contributed by atoms with Crippen LogP contribution in [0.3, 0.4) is 0 Å². The van der Waals surface area contributed by atoms with Gasteiger partial charge in [-0.2, -0.15) is 0 Å². The normalized spacial score (nSPS) is 13.1. The number of nitrogens with one attached hydrogen (secondary N) is 1. The van der Waals surface area contributed by atoms with Gasteiger partial charge in [-0.15, -0.1) is 11.3 Å². The third kappa shape index (κ3) is 3.33. The van der Waals surface area contributed by atoms with Crippen LogP contribution in [0.1, 0.15) is 35.1 Å². The Morgan fingerprint density at radius 2 is 1.85 bits per heavy atom. The number of ketones is 1. The van der Waals surface area contributed by atoms with Crippen molar-refractivity contribution >= 4 is 27.1 Å². The van der Waals surface area contributed by atoms with Crippen molar-refractivity contribution in [3.63, 3.8) is 0 Å². The minimum absolute atomic E-state index is 0.0890. The molecular formula is C14H15NO3S2. The second-order valence-electron chi connectivity index (χ2n) is 4.44. The highest BCUT2D eigenvalue weighted by Gasteiger charge is 2.18. The minimum atomic E-state index is -3.58. The molecule has 0 aliphatic carbocycles. The van der Waals surface area contributed by atoms with Crippen LogP contribution in [0.15, 0.2) is 46.7 Å². The summed E-state index contributed by atoms with van der Waals surface area (Å²) in [4.78, 5) is 12.3. The molecule has 0 amide bonds. The number of benzene rings is 1. The molecule has 2 aromatic rings. The van der Waals surface area contributed by atoms with E-state index in [-0.39, 0.29) is 16.7 Å². The zero-order chi connectivity index (χ0) is 14.8. The molecule has 0 spiro atoms. The van der Waals surface area contributed by atoms with Crippen LogP contribution in [-0.2, 0) is 10.0 Å². The Labute approximate surface area is 122 Å². The zero-order valence-electron chi connectivity index (χ0n) is 11.2. The summed E-state index contributed by atoms with van der Waals surface area (Å²) in [6.45, 7) is 3.24. The van der Waals surface area contributed by atoms with Crippen LogP contribution in [0.5, 0.6) is 0 Å². The molecule has 6 heteroatoms. The highest BCUT2D eigenvalue weighted by Crippen LogP contribution is 2.21. The van der Waals surface area contributed by atoms with E-state index in [1.54, 1.807) is 6.92 Å². The van der Waals surface area contributed by atoms with Gasteiger partial charge in [0.15, 0.2) is 5.78 Å². The summed E-state index contributed by atoms with van der Waals surface area (Å²) in [5.41, 5.74) is 0.496. The Kier molecular flexibility index (Phi) is 4.37. The summed E-state index contributed by atoms with van der Waals surface area (Å²) in [5, 5.41) is 1.90. The lowest BCUT2D eigenvalue weighted by atomic mass is 10.2. The topological polar surface area (TPSA) is 63.2 Å². The molecule has 0 fully saturated rings. The molecule has 1 aromatic carbocycles. The lowest BCUT2D eigenvalue weighted by Gasteiger charge is -2.13. The second kappa shape index (κ2) is 5.87. The van der Waals surface area contributed by atoms with Crippen LogP contribution in [0.4, 0.5) is 0 Å². The number of Topliss-reactive ketones (excluding diaryl/α,β-unsaturated/α-hetero) is 1. The third-order valence-corrected chi connectivity index (χ3v) is 5.48. The first-order valence-electron chi connectivity index (χ1n) is 6.07. The largest absolute Gasteiger partial charge is 0.295 e. The molecule has 20 heavy (non-hydrogen) atoms. The van der Waals surface area contributed by atoms with E-state index in [1.165, 1.54) is 42.5 Å². The van der Waals surface area contributed by atoms with Gasteiger partial charge in [-0.05, 0) is 37.4 Å². The molecule has 0 saturated heterocycles. The lowest BCUT2D eigenvalue weighted by Crippen LogP contribution is -2.26. The van der Waals surface area contributed by atoms with Crippen molar-refractivity contribution in [2.45, 2.75) is 24.8 Å². The van der Waals surface area contributed by atoms with Gasteiger partial charge in [0.05, 0.1) is 10.9 Å². The van der Waals surface area contributed by atoms with Gasteiger partial charge in [-0.3, -0.25) is 4.79 Å². The number of hydrogen-bond acceptors (Lipinski definition) is 4. The number of hydrogen-bond donors (Lipinski definition) is 1.